The molecule has 0 aromatic carbocycles. The van der Waals surface area contributed by atoms with Gasteiger partial charge in [-0.3, -0.25) is 10.2 Å². The highest BCUT2D eigenvalue weighted by atomic mass is 16.5. The Balaban J connectivity index is 3.61. The van der Waals surface area contributed by atoms with Crippen LogP contribution in [0, 0.1) is 5.41 Å². The van der Waals surface area contributed by atoms with Crippen LogP contribution in [0.25, 0.3) is 0 Å². The molecule has 0 rings (SSSR count). The molecule has 5 heteroatoms. The quantitative estimate of drug-likeness (QED) is 0.132. The van der Waals surface area contributed by atoms with Crippen LogP contribution in [0.15, 0.2) is 72.9 Å². The molecular formula is C26H41N3O2. The molecule has 0 saturated heterocycles. The van der Waals surface area contributed by atoms with Gasteiger partial charge in [-0.05, 0) is 44.9 Å². The van der Waals surface area contributed by atoms with E-state index in [0.717, 1.165) is 38.5 Å². The zero-order valence-corrected chi connectivity index (χ0v) is 19.3. The van der Waals surface area contributed by atoms with Gasteiger partial charge < -0.3 is 15.4 Å². The van der Waals surface area contributed by atoms with Gasteiger partial charge in [0.25, 0.3) is 0 Å². The van der Waals surface area contributed by atoms with Crippen LogP contribution in [0.2, 0.25) is 0 Å². The van der Waals surface area contributed by atoms with Gasteiger partial charge in [-0.2, -0.15) is 0 Å². The Morgan fingerprint density at radius 2 is 1.23 bits per heavy atom. The van der Waals surface area contributed by atoms with Crippen molar-refractivity contribution in [2.45, 2.75) is 58.3 Å². The molecule has 31 heavy (non-hydrogen) atoms. The summed E-state index contributed by atoms with van der Waals surface area (Å²) in [6.07, 6.45) is 32.8. The van der Waals surface area contributed by atoms with Crippen molar-refractivity contribution in [3.05, 3.63) is 72.9 Å². The maximum Gasteiger partial charge on any atom is 0.306 e. The molecule has 0 unspecified atom stereocenters. The Bertz CT molecular complexity index is 643. The number of esters is 1. The normalized spacial score (nSPS) is 12.5. The van der Waals surface area contributed by atoms with E-state index in [4.69, 9.17) is 15.9 Å². The summed E-state index contributed by atoms with van der Waals surface area (Å²) < 4.78 is 5.10. The van der Waals surface area contributed by atoms with E-state index in [0.29, 0.717) is 19.4 Å². The van der Waals surface area contributed by atoms with Crippen LogP contribution in [-0.4, -0.2) is 37.0 Å². The van der Waals surface area contributed by atoms with Crippen LogP contribution in [0.3, 0.4) is 0 Å². The highest BCUT2D eigenvalue weighted by Gasteiger charge is 2.03. The zero-order chi connectivity index (χ0) is 23.0. The van der Waals surface area contributed by atoms with Gasteiger partial charge in [0, 0.05) is 13.5 Å². The third kappa shape index (κ3) is 21.7. The summed E-state index contributed by atoms with van der Waals surface area (Å²) in [4.78, 5) is 13.1. The highest BCUT2D eigenvalue weighted by Crippen LogP contribution is 1.99. The molecule has 0 aromatic rings. The summed E-state index contributed by atoms with van der Waals surface area (Å²) >= 11 is 0. The molecule has 172 valence electrons. The molecule has 5 nitrogen and oxygen atoms in total. The number of carbonyl (C=O) groups is 1. The Kier molecular flexibility index (Phi) is 19.9. The first kappa shape index (κ1) is 28.2. The van der Waals surface area contributed by atoms with Crippen molar-refractivity contribution in [1.29, 1.82) is 5.41 Å². The summed E-state index contributed by atoms with van der Waals surface area (Å²) in [5, 5.41) is 7.22. The van der Waals surface area contributed by atoms with Crippen molar-refractivity contribution in [3.63, 3.8) is 0 Å². The Morgan fingerprint density at radius 3 is 1.65 bits per heavy atom. The standard InChI is InChI=1S/C26H41N3O2/c1-3-4-5-6-7-8-9-10-11-12-13-14-15-16-17-18-19-20-21-22-25(30)31-24-23-29(2)26(27)28/h4-5,7-8,10-11,13-14,16-17,19-20H,3,6,9,12,15,18,21-24H2,1-2H3,(H3,27,28)/b5-4-,8-7-,11-10-,14-13-,17-16-,20-19-. The maximum atomic E-state index is 11.6. The number of hydrogen-bond acceptors (Lipinski definition) is 3. The largest absolute Gasteiger partial charge is 0.464 e. The van der Waals surface area contributed by atoms with Crippen LogP contribution in [0.1, 0.15) is 58.3 Å². The second-order valence-electron chi connectivity index (χ2n) is 6.98. The molecule has 3 N–H and O–H groups in total. The molecule has 0 fully saturated rings. The van der Waals surface area contributed by atoms with Crippen LogP contribution in [0.5, 0.6) is 0 Å². The average molecular weight is 428 g/mol. The van der Waals surface area contributed by atoms with Crippen molar-refractivity contribution < 1.29 is 9.53 Å². The second-order valence-corrected chi connectivity index (χ2v) is 6.98. The van der Waals surface area contributed by atoms with E-state index >= 15 is 0 Å². The average Bonchev–Trinajstić information content (AvgIpc) is 2.75. The predicted octanol–water partition coefficient (Wildman–Crippen LogP) is 5.83. The summed E-state index contributed by atoms with van der Waals surface area (Å²) in [7, 11) is 1.69. The van der Waals surface area contributed by atoms with Crippen LogP contribution in [0.4, 0.5) is 0 Å². The molecule has 0 bridgehead atoms. The topological polar surface area (TPSA) is 79.4 Å². The van der Waals surface area contributed by atoms with Crippen molar-refractivity contribution in [2.24, 2.45) is 5.73 Å². The summed E-state index contributed by atoms with van der Waals surface area (Å²) in [5.74, 6) is -0.259. The van der Waals surface area contributed by atoms with Crippen molar-refractivity contribution in [3.8, 4) is 0 Å². The lowest BCUT2D eigenvalue weighted by Crippen LogP contribution is -2.35. The third-order valence-electron chi connectivity index (χ3n) is 4.21. The van der Waals surface area contributed by atoms with E-state index in [1.165, 1.54) is 4.90 Å². The monoisotopic (exact) mass is 427 g/mol. The number of nitrogens with two attached hydrogens (primary N) is 1. The number of likely N-dealkylation sites (N-methyl/N-ethyl adjacent to an activating group) is 1. The van der Waals surface area contributed by atoms with E-state index < -0.39 is 0 Å². The highest BCUT2D eigenvalue weighted by molar-refractivity contribution is 5.74. The van der Waals surface area contributed by atoms with Gasteiger partial charge in [-0.25, -0.2) is 0 Å². The molecule has 0 aromatic heterocycles. The molecular weight excluding hydrogens is 386 g/mol. The molecule has 0 radical (unpaired) electrons. The summed E-state index contributed by atoms with van der Waals surface area (Å²) in [6.45, 7) is 2.83. The van der Waals surface area contributed by atoms with Gasteiger partial charge in [-0.15, -0.1) is 0 Å². The first-order valence-corrected chi connectivity index (χ1v) is 11.2. The fourth-order valence-electron chi connectivity index (χ4n) is 2.33. The van der Waals surface area contributed by atoms with Crippen LogP contribution < -0.4 is 5.73 Å². The fourth-order valence-corrected chi connectivity index (χ4v) is 2.33. The van der Waals surface area contributed by atoms with Crippen LogP contribution in [-0.2, 0) is 9.53 Å². The molecule has 0 aliphatic rings. The summed E-state index contributed by atoms with van der Waals surface area (Å²) in [5.41, 5.74) is 5.31. The first-order chi connectivity index (χ1) is 15.1. The molecule has 0 aliphatic carbocycles. The number of allylic oxidation sites excluding steroid dienone is 12. The van der Waals surface area contributed by atoms with Crippen molar-refractivity contribution in [1.82, 2.24) is 4.90 Å². The minimum absolute atomic E-state index is 0.0333. The lowest BCUT2D eigenvalue weighted by atomic mass is 10.2. The molecule has 0 heterocycles. The van der Waals surface area contributed by atoms with Gasteiger partial charge in [0.15, 0.2) is 5.96 Å². The summed E-state index contributed by atoms with van der Waals surface area (Å²) in [6, 6.07) is 0. The lowest BCUT2D eigenvalue weighted by Gasteiger charge is -2.15. The number of nitrogens with one attached hydrogen (secondary N) is 1. The van der Waals surface area contributed by atoms with E-state index in [-0.39, 0.29) is 18.5 Å². The van der Waals surface area contributed by atoms with E-state index in [1.807, 2.05) is 6.08 Å². The smallest absolute Gasteiger partial charge is 0.306 e. The minimum Gasteiger partial charge on any atom is -0.464 e. The van der Waals surface area contributed by atoms with Gasteiger partial charge in [0.1, 0.15) is 6.61 Å². The molecule has 0 amide bonds. The van der Waals surface area contributed by atoms with Gasteiger partial charge in [-0.1, -0.05) is 79.8 Å². The number of guanidine groups is 1. The Hall–Kier alpha value is -2.82. The van der Waals surface area contributed by atoms with Gasteiger partial charge >= 0.3 is 5.97 Å². The molecule has 0 spiro atoms. The van der Waals surface area contributed by atoms with Crippen molar-refractivity contribution >= 4 is 11.9 Å². The van der Waals surface area contributed by atoms with E-state index in [2.05, 4.69) is 73.8 Å². The second kappa shape index (κ2) is 21.9. The van der Waals surface area contributed by atoms with Gasteiger partial charge in [0.2, 0.25) is 0 Å². The van der Waals surface area contributed by atoms with Crippen molar-refractivity contribution in [2.75, 3.05) is 20.2 Å². The molecule has 0 aliphatic heterocycles. The predicted molar refractivity (Wildman–Crippen MR) is 133 cm³/mol. The number of hydrogen-bond donors (Lipinski definition) is 2. The fraction of sp³-hybridized carbons (Fsp3) is 0.462. The first-order valence-electron chi connectivity index (χ1n) is 11.2. The maximum absolute atomic E-state index is 11.6. The molecule has 0 saturated carbocycles. The van der Waals surface area contributed by atoms with Gasteiger partial charge in [0.05, 0.1) is 6.54 Å². The minimum atomic E-state index is -0.225. The van der Waals surface area contributed by atoms with E-state index in [9.17, 15) is 4.79 Å². The van der Waals surface area contributed by atoms with Crippen LogP contribution >= 0.6 is 0 Å². The SMILES string of the molecule is CC/C=C\C/C=C\C/C=C\C/C=C\C/C=C\C/C=C\CCC(=O)OCCN(C)C(=N)N. The Labute approximate surface area is 189 Å². The number of nitrogens with zero attached hydrogens (tertiary/aromatic N) is 1. The lowest BCUT2D eigenvalue weighted by molar-refractivity contribution is -0.143. The van der Waals surface area contributed by atoms with E-state index in [1.54, 1.807) is 7.05 Å². The number of rotatable bonds is 17. The number of carbonyl (C=O) groups excluding carboxylic acids is 1. The Morgan fingerprint density at radius 1 is 0.806 bits per heavy atom. The zero-order valence-electron chi connectivity index (χ0n) is 19.3. The number of ether oxygens (including phenoxy) is 1. The third-order valence-corrected chi connectivity index (χ3v) is 4.21. The molecule has 0 atom stereocenters.